The fourth-order valence-corrected chi connectivity index (χ4v) is 1.63. The molecule has 0 saturated carbocycles. The van der Waals surface area contributed by atoms with Gasteiger partial charge < -0.3 is 10.0 Å². The van der Waals surface area contributed by atoms with Crippen molar-refractivity contribution in [3.05, 3.63) is 28.8 Å². The average molecular weight is 220 g/mol. The maximum atomic E-state index is 10.1. The molecule has 86 valence electrons. The molecule has 0 radical (unpaired) electrons. The summed E-state index contributed by atoms with van der Waals surface area (Å²) >= 11 is 0. The van der Waals surface area contributed by atoms with Crippen molar-refractivity contribution in [2.24, 2.45) is 4.99 Å². The van der Waals surface area contributed by atoms with Crippen molar-refractivity contribution in [1.29, 1.82) is 0 Å². The number of phenolic OH excluding ortho intramolecular Hbond substituents is 1. The number of hydrogen-bond donors (Lipinski definition) is 1. The normalized spacial score (nSPS) is 10.2. The summed E-state index contributed by atoms with van der Waals surface area (Å²) < 4.78 is 0. The Hall–Kier alpha value is -1.64. The Morgan fingerprint density at radius 2 is 2.00 bits per heavy atom. The average Bonchev–Trinajstić information content (AvgIpc) is 2.20. The van der Waals surface area contributed by atoms with Crippen LogP contribution in [0.5, 0.6) is 5.75 Å². The van der Waals surface area contributed by atoms with Crippen molar-refractivity contribution < 1.29 is 9.90 Å². The van der Waals surface area contributed by atoms with Gasteiger partial charge in [-0.25, -0.2) is 9.79 Å². The zero-order valence-electron chi connectivity index (χ0n) is 9.82. The number of aryl methyl sites for hydroxylation is 1. The van der Waals surface area contributed by atoms with Crippen molar-refractivity contribution in [3.63, 3.8) is 0 Å². The first-order chi connectivity index (χ1) is 7.54. The molecule has 0 atom stereocenters. The lowest BCUT2D eigenvalue weighted by Crippen LogP contribution is -2.11. The van der Waals surface area contributed by atoms with Crippen molar-refractivity contribution in [2.45, 2.75) is 20.0 Å². The summed E-state index contributed by atoms with van der Waals surface area (Å²) in [6.45, 7) is 2.79. The highest BCUT2D eigenvalue weighted by molar-refractivity contribution is 5.44. The van der Waals surface area contributed by atoms with Crippen molar-refractivity contribution >= 4 is 6.08 Å². The van der Waals surface area contributed by atoms with E-state index >= 15 is 0 Å². The van der Waals surface area contributed by atoms with Crippen LogP contribution in [0, 0.1) is 6.92 Å². The van der Waals surface area contributed by atoms with Crippen LogP contribution in [0.25, 0.3) is 0 Å². The standard InChI is InChI=1S/C12H16N2O2/c1-9-4-10(6-13-8-15)12(16)11(5-9)7-14(2)3/h4-5,16H,6-7H2,1-3H3. The summed E-state index contributed by atoms with van der Waals surface area (Å²) in [5.74, 6) is 0.221. The van der Waals surface area contributed by atoms with E-state index in [4.69, 9.17) is 0 Å². The number of aromatic hydroxyl groups is 1. The molecule has 0 spiro atoms. The zero-order chi connectivity index (χ0) is 12.1. The van der Waals surface area contributed by atoms with Gasteiger partial charge in [0.25, 0.3) is 0 Å². The monoisotopic (exact) mass is 220 g/mol. The lowest BCUT2D eigenvalue weighted by molar-refractivity contribution is 0.384. The van der Waals surface area contributed by atoms with Crippen LogP contribution in [0.1, 0.15) is 16.7 Å². The quantitative estimate of drug-likeness (QED) is 0.619. The van der Waals surface area contributed by atoms with Crippen molar-refractivity contribution in [1.82, 2.24) is 4.90 Å². The Bertz CT molecular complexity index is 421. The molecule has 0 amide bonds. The van der Waals surface area contributed by atoms with E-state index in [0.29, 0.717) is 12.1 Å². The second-order valence-electron chi connectivity index (χ2n) is 4.08. The second-order valence-corrected chi connectivity index (χ2v) is 4.08. The Morgan fingerprint density at radius 3 is 2.56 bits per heavy atom. The van der Waals surface area contributed by atoms with Gasteiger partial charge in [-0.2, -0.15) is 0 Å². The molecular weight excluding hydrogens is 204 g/mol. The van der Waals surface area contributed by atoms with E-state index in [2.05, 4.69) is 4.99 Å². The van der Waals surface area contributed by atoms with Gasteiger partial charge in [0.15, 0.2) is 0 Å². The van der Waals surface area contributed by atoms with Crippen LogP contribution in [0.3, 0.4) is 0 Å². The van der Waals surface area contributed by atoms with E-state index in [1.165, 1.54) is 6.08 Å². The van der Waals surface area contributed by atoms with Crippen LogP contribution in [0.15, 0.2) is 17.1 Å². The van der Waals surface area contributed by atoms with Crippen LogP contribution in [-0.4, -0.2) is 30.2 Å². The molecule has 0 unspecified atom stereocenters. The topological polar surface area (TPSA) is 52.9 Å². The zero-order valence-corrected chi connectivity index (χ0v) is 9.82. The molecule has 1 aromatic rings. The van der Waals surface area contributed by atoms with Gasteiger partial charge >= 0.3 is 0 Å². The molecule has 0 heterocycles. The number of phenols is 1. The van der Waals surface area contributed by atoms with E-state index in [9.17, 15) is 9.90 Å². The van der Waals surface area contributed by atoms with E-state index < -0.39 is 0 Å². The van der Waals surface area contributed by atoms with Crippen LogP contribution in [0.2, 0.25) is 0 Å². The van der Waals surface area contributed by atoms with Crippen molar-refractivity contribution in [2.75, 3.05) is 14.1 Å². The van der Waals surface area contributed by atoms with Gasteiger partial charge in [0, 0.05) is 17.7 Å². The number of isocyanates is 1. The molecule has 1 aromatic carbocycles. The van der Waals surface area contributed by atoms with Crippen LogP contribution >= 0.6 is 0 Å². The molecular formula is C12H16N2O2. The first-order valence-corrected chi connectivity index (χ1v) is 5.04. The summed E-state index contributed by atoms with van der Waals surface area (Å²) in [6.07, 6.45) is 1.48. The minimum atomic E-state index is 0.178. The van der Waals surface area contributed by atoms with Gasteiger partial charge in [-0.1, -0.05) is 17.7 Å². The Kier molecular flexibility index (Phi) is 4.23. The third-order valence-corrected chi connectivity index (χ3v) is 2.21. The molecule has 4 heteroatoms. The SMILES string of the molecule is Cc1cc(CN=C=O)c(O)c(CN(C)C)c1. The number of nitrogens with zero attached hydrogens (tertiary/aromatic N) is 2. The predicted octanol–water partition coefficient (Wildman–Crippen LogP) is 1.60. The van der Waals surface area contributed by atoms with Crippen molar-refractivity contribution in [3.8, 4) is 5.75 Å². The summed E-state index contributed by atoms with van der Waals surface area (Å²) in [5, 5.41) is 9.97. The van der Waals surface area contributed by atoms with Gasteiger partial charge in [-0.3, -0.25) is 0 Å². The molecule has 1 rings (SSSR count). The van der Waals surface area contributed by atoms with Gasteiger partial charge in [0.1, 0.15) is 5.75 Å². The lowest BCUT2D eigenvalue weighted by Gasteiger charge is -2.14. The van der Waals surface area contributed by atoms with Gasteiger partial charge in [-0.05, 0) is 21.0 Å². The van der Waals surface area contributed by atoms with E-state index in [1.807, 2.05) is 38.1 Å². The Balaban J connectivity index is 3.09. The van der Waals surface area contributed by atoms with Gasteiger partial charge in [0.2, 0.25) is 6.08 Å². The van der Waals surface area contributed by atoms with E-state index in [0.717, 1.165) is 11.1 Å². The van der Waals surface area contributed by atoms with Crippen LogP contribution < -0.4 is 0 Å². The third-order valence-electron chi connectivity index (χ3n) is 2.21. The molecule has 0 bridgehead atoms. The van der Waals surface area contributed by atoms with Crippen LogP contribution in [-0.2, 0) is 17.9 Å². The molecule has 0 aromatic heterocycles. The maximum Gasteiger partial charge on any atom is 0.235 e. The highest BCUT2D eigenvalue weighted by atomic mass is 16.3. The molecule has 0 fully saturated rings. The summed E-state index contributed by atoms with van der Waals surface area (Å²) in [7, 11) is 3.87. The molecule has 0 aliphatic rings. The molecule has 4 nitrogen and oxygen atoms in total. The van der Waals surface area contributed by atoms with Crippen LogP contribution in [0.4, 0.5) is 0 Å². The summed E-state index contributed by atoms with van der Waals surface area (Å²) in [5.41, 5.74) is 2.56. The number of hydrogen-bond acceptors (Lipinski definition) is 4. The molecule has 1 N–H and O–H groups in total. The first-order valence-electron chi connectivity index (χ1n) is 5.04. The number of rotatable bonds is 4. The van der Waals surface area contributed by atoms with Gasteiger partial charge in [-0.15, -0.1) is 0 Å². The van der Waals surface area contributed by atoms with Gasteiger partial charge in [0.05, 0.1) is 6.54 Å². The number of carbonyl (C=O) groups excluding carboxylic acids is 1. The number of aliphatic imine (C=N–C) groups is 1. The minimum absolute atomic E-state index is 0.178. The molecule has 0 aliphatic heterocycles. The highest BCUT2D eigenvalue weighted by Gasteiger charge is 2.09. The first kappa shape index (κ1) is 12.4. The predicted molar refractivity (Wildman–Crippen MR) is 62.1 cm³/mol. The lowest BCUT2D eigenvalue weighted by atomic mass is 10.0. The molecule has 16 heavy (non-hydrogen) atoms. The summed E-state index contributed by atoms with van der Waals surface area (Å²) in [4.78, 5) is 15.5. The minimum Gasteiger partial charge on any atom is -0.507 e. The highest BCUT2D eigenvalue weighted by Crippen LogP contribution is 2.26. The van der Waals surface area contributed by atoms with E-state index in [-0.39, 0.29) is 12.3 Å². The molecule has 0 aliphatic carbocycles. The maximum absolute atomic E-state index is 10.1. The smallest absolute Gasteiger partial charge is 0.235 e. The molecule has 0 saturated heterocycles. The second kappa shape index (κ2) is 5.45. The van der Waals surface area contributed by atoms with E-state index in [1.54, 1.807) is 0 Å². The fourth-order valence-electron chi connectivity index (χ4n) is 1.63. The Labute approximate surface area is 95.2 Å². The third kappa shape index (κ3) is 3.19. The largest absolute Gasteiger partial charge is 0.507 e. The number of benzene rings is 1. The fraction of sp³-hybridized carbons (Fsp3) is 0.417. The Morgan fingerprint density at radius 1 is 1.38 bits per heavy atom. The summed E-state index contributed by atoms with van der Waals surface area (Å²) in [6, 6.07) is 3.76.